The van der Waals surface area contributed by atoms with Crippen LogP contribution in [0.1, 0.15) is 28.9 Å². The van der Waals surface area contributed by atoms with Crippen LogP contribution in [0, 0.1) is 0 Å². The summed E-state index contributed by atoms with van der Waals surface area (Å²) < 4.78 is 0.861. The Hall–Kier alpha value is -2.44. The molecule has 0 fully saturated rings. The molecular weight excluding hydrogens is 416 g/mol. The highest BCUT2D eigenvalue weighted by Gasteiger charge is 2.10. The maximum atomic E-state index is 12.4. The number of hydrogen-bond donors (Lipinski definition) is 2. The molecule has 132 valence electrons. The van der Waals surface area contributed by atoms with E-state index >= 15 is 0 Å². The highest BCUT2D eigenvalue weighted by Crippen LogP contribution is 2.22. The molecule has 0 aliphatic rings. The van der Waals surface area contributed by atoms with E-state index in [4.69, 9.17) is 11.6 Å². The highest BCUT2D eigenvalue weighted by atomic mass is 79.9. The van der Waals surface area contributed by atoms with Crippen LogP contribution in [0.5, 0.6) is 0 Å². The zero-order valence-corrected chi connectivity index (χ0v) is 16.3. The first-order chi connectivity index (χ1) is 12.5. The van der Waals surface area contributed by atoms with Crippen LogP contribution < -0.4 is 10.6 Å². The molecule has 3 rings (SSSR count). The van der Waals surface area contributed by atoms with E-state index in [9.17, 15) is 4.79 Å². The Bertz CT molecular complexity index is 935. The van der Waals surface area contributed by atoms with Gasteiger partial charge in [0.1, 0.15) is 11.0 Å². The molecule has 7 heteroatoms. The summed E-state index contributed by atoms with van der Waals surface area (Å²) in [6.07, 6.45) is 3.09. The normalized spacial score (nSPS) is 11.7. The number of anilines is 2. The molecular formula is C19H16BrClN4O. The van der Waals surface area contributed by atoms with Gasteiger partial charge in [-0.1, -0.05) is 45.7 Å². The standard InChI is InChI=1S/C19H16BrClN4O/c1-12(23-18-11-22-10-17(21)25-18)13-4-3-7-16(9-13)24-19(26)14-5-2-6-15(20)8-14/h2-12H,1H3,(H,23,25)(H,24,26)/t12-/m0/s1. The van der Waals surface area contributed by atoms with Gasteiger partial charge in [-0.25, -0.2) is 4.98 Å². The summed E-state index contributed by atoms with van der Waals surface area (Å²) in [4.78, 5) is 20.6. The molecule has 0 radical (unpaired) electrons. The van der Waals surface area contributed by atoms with E-state index in [2.05, 4.69) is 36.5 Å². The molecule has 0 saturated heterocycles. The Morgan fingerprint density at radius 2 is 1.96 bits per heavy atom. The minimum absolute atomic E-state index is 0.0366. The number of nitrogens with zero attached hydrogens (tertiary/aromatic N) is 2. The monoisotopic (exact) mass is 430 g/mol. The fraction of sp³-hybridized carbons (Fsp3) is 0.105. The third-order valence-electron chi connectivity index (χ3n) is 3.70. The van der Waals surface area contributed by atoms with Crippen LogP contribution in [0.4, 0.5) is 11.5 Å². The Morgan fingerprint density at radius 1 is 1.15 bits per heavy atom. The zero-order valence-electron chi connectivity index (χ0n) is 13.9. The van der Waals surface area contributed by atoms with Crippen molar-refractivity contribution < 1.29 is 4.79 Å². The molecule has 3 aromatic rings. The number of rotatable bonds is 5. The lowest BCUT2D eigenvalue weighted by molar-refractivity contribution is 0.102. The average molecular weight is 432 g/mol. The van der Waals surface area contributed by atoms with Crippen LogP contribution in [0.25, 0.3) is 0 Å². The van der Waals surface area contributed by atoms with Crippen molar-refractivity contribution in [2.24, 2.45) is 0 Å². The van der Waals surface area contributed by atoms with Crippen molar-refractivity contribution in [2.75, 3.05) is 10.6 Å². The molecule has 26 heavy (non-hydrogen) atoms. The number of carbonyl (C=O) groups is 1. The molecule has 1 atom stereocenters. The van der Waals surface area contributed by atoms with Crippen molar-refractivity contribution in [3.8, 4) is 0 Å². The topological polar surface area (TPSA) is 66.9 Å². The Labute approximate surface area is 165 Å². The van der Waals surface area contributed by atoms with Gasteiger partial charge in [0, 0.05) is 15.7 Å². The van der Waals surface area contributed by atoms with E-state index in [1.54, 1.807) is 18.3 Å². The minimum Gasteiger partial charge on any atom is -0.362 e. The summed E-state index contributed by atoms with van der Waals surface area (Å²) in [6.45, 7) is 2.00. The van der Waals surface area contributed by atoms with Gasteiger partial charge in [0.25, 0.3) is 5.91 Å². The molecule has 0 aliphatic heterocycles. The predicted octanol–water partition coefficient (Wildman–Crippen LogP) is 5.32. The fourth-order valence-electron chi connectivity index (χ4n) is 2.44. The highest BCUT2D eigenvalue weighted by molar-refractivity contribution is 9.10. The summed E-state index contributed by atoms with van der Waals surface area (Å²) in [5, 5.41) is 6.49. The number of hydrogen-bond acceptors (Lipinski definition) is 4. The second-order valence-electron chi connectivity index (χ2n) is 5.68. The van der Waals surface area contributed by atoms with Gasteiger partial charge in [-0.05, 0) is 42.8 Å². The van der Waals surface area contributed by atoms with Gasteiger partial charge in [-0.2, -0.15) is 0 Å². The van der Waals surface area contributed by atoms with E-state index in [-0.39, 0.29) is 11.9 Å². The fourth-order valence-corrected chi connectivity index (χ4v) is 2.98. The molecule has 1 heterocycles. The molecule has 0 spiro atoms. The van der Waals surface area contributed by atoms with Gasteiger partial charge in [-0.15, -0.1) is 0 Å². The van der Waals surface area contributed by atoms with Crippen molar-refractivity contribution in [1.82, 2.24) is 9.97 Å². The number of carbonyl (C=O) groups excluding carboxylic acids is 1. The third-order valence-corrected chi connectivity index (χ3v) is 4.38. The SMILES string of the molecule is C[C@H](Nc1cncc(Cl)n1)c1cccc(NC(=O)c2cccc(Br)c2)c1. The largest absolute Gasteiger partial charge is 0.362 e. The third kappa shape index (κ3) is 4.80. The predicted molar refractivity (Wildman–Crippen MR) is 108 cm³/mol. The van der Waals surface area contributed by atoms with Gasteiger partial charge in [0.15, 0.2) is 0 Å². The van der Waals surface area contributed by atoms with Gasteiger partial charge >= 0.3 is 0 Å². The Kier molecular flexibility index (Phi) is 5.85. The number of benzene rings is 2. The lowest BCUT2D eigenvalue weighted by Gasteiger charge is -2.16. The quantitative estimate of drug-likeness (QED) is 0.574. The minimum atomic E-state index is -0.162. The van der Waals surface area contributed by atoms with E-state index < -0.39 is 0 Å². The zero-order chi connectivity index (χ0) is 18.5. The second kappa shape index (κ2) is 8.29. The number of amides is 1. The van der Waals surface area contributed by atoms with Crippen LogP contribution in [-0.2, 0) is 0 Å². The smallest absolute Gasteiger partial charge is 0.255 e. The first-order valence-electron chi connectivity index (χ1n) is 7.92. The molecule has 0 unspecified atom stereocenters. The average Bonchev–Trinajstić information content (AvgIpc) is 2.62. The molecule has 2 aromatic carbocycles. The summed E-state index contributed by atoms with van der Waals surface area (Å²) in [6, 6.07) is 14.9. The maximum absolute atomic E-state index is 12.4. The van der Waals surface area contributed by atoms with Crippen LogP contribution in [0.3, 0.4) is 0 Å². The maximum Gasteiger partial charge on any atom is 0.255 e. The van der Waals surface area contributed by atoms with Crippen LogP contribution in [-0.4, -0.2) is 15.9 Å². The second-order valence-corrected chi connectivity index (χ2v) is 6.99. The molecule has 0 saturated carbocycles. The van der Waals surface area contributed by atoms with Crippen molar-refractivity contribution >= 4 is 44.9 Å². The molecule has 0 aliphatic carbocycles. The number of aromatic nitrogens is 2. The molecule has 0 bridgehead atoms. The van der Waals surface area contributed by atoms with Crippen LogP contribution in [0.2, 0.25) is 5.15 Å². The van der Waals surface area contributed by atoms with Crippen molar-refractivity contribution in [3.05, 3.63) is 81.7 Å². The Morgan fingerprint density at radius 3 is 2.73 bits per heavy atom. The summed E-state index contributed by atoms with van der Waals surface area (Å²) in [5.41, 5.74) is 2.31. The van der Waals surface area contributed by atoms with Gasteiger partial charge in [0.2, 0.25) is 0 Å². The van der Waals surface area contributed by atoms with E-state index in [0.29, 0.717) is 16.5 Å². The first-order valence-corrected chi connectivity index (χ1v) is 9.09. The molecule has 5 nitrogen and oxygen atoms in total. The number of nitrogens with one attached hydrogen (secondary N) is 2. The lowest BCUT2D eigenvalue weighted by Crippen LogP contribution is -2.13. The van der Waals surface area contributed by atoms with E-state index in [1.165, 1.54) is 6.20 Å². The molecule has 1 amide bonds. The van der Waals surface area contributed by atoms with Gasteiger partial charge in [-0.3, -0.25) is 9.78 Å². The van der Waals surface area contributed by atoms with E-state index in [1.807, 2.05) is 43.3 Å². The van der Waals surface area contributed by atoms with Crippen LogP contribution in [0.15, 0.2) is 65.4 Å². The van der Waals surface area contributed by atoms with Crippen molar-refractivity contribution in [2.45, 2.75) is 13.0 Å². The van der Waals surface area contributed by atoms with Crippen molar-refractivity contribution in [1.29, 1.82) is 0 Å². The summed E-state index contributed by atoms with van der Waals surface area (Å²) in [5.74, 6) is 0.429. The van der Waals surface area contributed by atoms with Crippen LogP contribution >= 0.6 is 27.5 Å². The van der Waals surface area contributed by atoms with Gasteiger partial charge in [0.05, 0.1) is 18.4 Å². The molecule has 2 N–H and O–H groups in total. The van der Waals surface area contributed by atoms with Gasteiger partial charge < -0.3 is 10.6 Å². The van der Waals surface area contributed by atoms with Crippen molar-refractivity contribution in [3.63, 3.8) is 0 Å². The first kappa shape index (κ1) is 18.4. The van der Waals surface area contributed by atoms with E-state index in [0.717, 1.165) is 15.7 Å². The number of halogens is 2. The summed E-state index contributed by atoms with van der Waals surface area (Å²) in [7, 11) is 0. The Balaban J connectivity index is 1.72. The lowest BCUT2D eigenvalue weighted by atomic mass is 10.1. The molecule has 1 aromatic heterocycles. The summed E-state index contributed by atoms with van der Waals surface area (Å²) >= 11 is 9.24.